The Hall–Kier alpha value is -0.780. The van der Waals surface area contributed by atoms with Crippen molar-refractivity contribution >= 4 is 16.9 Å². The summed E-state index contributed by atoms with van der Waals surface area (Å²) in [5.41, 5.74) is 2.06. The third kappa shape index (κ3) is 3.29. The first-order valence-electron chi connectivity index (χ1n) is 2.57. The number of rotatable bonds is 1. The van der Waals surface area contributed by atoms with Crippen molar-refractivity contribution in [2.75, 3.05) is 20.4 Å². The topological polar surface area (TPSA) is 58.2 Å². The Morgan fingerprint density at radius 3 is 2.20 bits per heavy atom. The van der Waals surface area contributed by atoms with Crippen molar-refractivity contribution in [1.82, 2.24) is 5.43 Å². The Bertz CT molecular complexity index is 164. The second kappa shape index (κ2) is 4.10. The zero-order valence-electron chi connectivity index (χ0n) is 6.12. The lowest BCUT2D eigenvalue weighted by Gasteiger charge is -1.93. The van der Waals surface area contributed by atoms with Gasteiger partial charge >= 0.3 is 5.17 Å². The van der Waals surface area contributed by atoms with Crippen molar-refractivity contribution in [3.63, 3.8) is 0 Å². The Morgan fingerprint density at radius 1 is 1.60 bits per heavy atom. The fraction of sp³-hybridized carbons (Fsp3) is 0.750. The maximum Gasteiger partial charge on any atom is 0.370 e. The van der Waals surface area contributed by atoms with E-state index in [1.54, 1.807) is 24.9 Å². The first-order valence-corrected chi connectivity index (χ1v) is 3.79. The highest BCUT2D eigenvalue weighted by Crippen LogP contribution is 1.91. The lowest BCUT2D eigenvalue weighted by Crippen LogP contribution is -2.32. The molecule has 0 amide bonds. The van der Waals surface area contributed by atoms with Gasteiger partial charge in [-0.15, -0.1) is 0 Å². The van der Waals surface area contributed by atoms with Gasteiger partial charge in [0.05, 0.1) is 14.1 Å². The maximum absolute atomic E-state index is 9.91. The summed E-state index contributed by atoms with van der Waals surface area (Å²) in [6, 6.07) is 0. The Morgan fingerprint density at radius 2 is 2.10 bits per heavy atom. The highest BCUT2D eigenvalue weighted by Gasteiger charge is 2.12. The monoisotopic (exact) mass is 164 g/mol. The molecule has 1 N–H and O–H groups in total. The van der Waals surface area contributed by atoms with E-state index in [0.29, 0.717) is 5.17 Å². The highest BCUT2D eigenvalue weighted by molar-refractivity contribution is 8.12. The van der Waals surface area contributed by atoms with Crippen LogP contribution in [0.1, 0.15) is 0 Å². The van der Waals surface area contributed by atoms with Gasteiger partial charge in [-0.25, -0.2) is 10.1 Å². The maximum atomic E-state index is 9.91. The van der Waals surface area contributed by atoms with Crippen LogP contribution in [0, 0.1) is 10.1 Å². The van der Waals surface area contributed by atoms with Crippen LogP contribution < -0.4 is 5.43 Å². The Labute approximate surface area is 63.2 Å². The minimum atomic E-state index is -0.578. The molecule has 0 aromatic carbocycles. The summed E-state index contributed by atoms with van der Waals surface area (Å²) >= 11 is 1.30. The van der Waals surface area contributed by atoms with E-state index in [2.05, 4.69) is 5.43 Å². The van der Waals surface area contributed by atoms with Crippen LogP contribution in [0.2, 0.25) is 0 Å². The summed E-state index contributed by atoms with van der Waals surface area (Å²) in [5, 5.41) is 9.85. The van der Waals surface area contributed by atoms with Crippen LogP contribution in [0.15, 0.2) is 0 Å². The minimum absolute atomic E-state index is 0.519. The zero-order chi connectivity index (χ0) is 8.15. The molecule has 0 bridgehead atoms. The Kier molecular flexibility index (Phi) is 3.78. The molecule has 0 saturated heterocycles. The van der Waals surface area contributed by atoms with Gasteiger partial charge in [0, 0.05) is 5.43 Å². The van der Waals surface area contributed by atoms with E-state index >= 15 is 0 Å². The molecule has 0 saturated carbocycles. The van der Waals surface area contributed by atoms with Gasteiger partial charge in [0.2, 0.25) is 5.03 Å². The van der Waals surface area contributed by atoms with Crippen molar-refractivity contribution in [1.29, 1.82) is 0 Å². The van der Waals surface area contributed by atoms with E-state index in [1.165, 1.54) is 11.8 Å². The molecule has 0 aromatic heterocycles. The number of hydrazine groups is 1. The second-order valence-electron chi connectivity index (χ2n) is 1.77. The first kappa shape index (κ1) is 9.22. The molecule has 0 aromatic rings. The predicted octanol–water partition coefficient (Wildman–Crippen LogP) is -0.241. The molecule has 0 rings (SSSR count). The molecule has 5 nitrogen and oxygen atoms in total. The van der Waals surface area contributed by atoms with E-state index in [-0.39, 0.29) is 0 Å². The van der Waals surface area contributed by atoms with Gasteiger partial charge < -0.3 is 0 Å². The van der Waals surface area contributed by atoms with Crippen LogP contribution in [0.4, 0.5) is 0 Å². The van der Waals surface area contributed by atoms with E-state index in [1.807, 2.05) is 0 Å². The molecule has 58 valence electrons. The summed E-state index contributed by atoms with van der Waals surface area (Å²) in [4.78, 5) is 9.91. The van der Waals surface area contributed by atoms with Crippen LogP contribution in [0.25, 0.3) is 0 Å². The van der Waals surface area contributed by atoms with E-state index in [4.69, 9.17) is 0 Å². The van der Waals surface area contributed by atoms with Crippen LogP contribution >= 0.6 is 11.8 Å². The zero-order valence-corrected chi connectivity index (χ0v) is 6.94. The van der Waals surface area contributed by atoms with Crippen molar-refractivity contribution < 1.29 is 9.61 Å². The summed E-state index contributed by atoms with van der Waals surface area (Å²) in [5.74, 6) is 0. The molecule has 10 heavy (non-hydrogen) atoms. The minimum Gasteiger partial charge on any atom is -0.257 e. The molecule has 0 unspecified atom stereocenters. The molecular formula is C4H10N3O2S+. The molecule has 0 fully saturated rings. The molecule has 0 aliphatic rings. The van der Waals surface area contributed by atoms with E-state index in [0.717, 1.165) is 0 Å². The number of nitrogens with one attached hydrogen (secondary N) is 1. The molecule has 0 spiro atoms. The largest absolute Gasteiger partial charge is 0.370 e. The van der Waals surface area contributed by atoms with Gasteiger partial charge in [0.1, 0.15) is 0 Å². The molecule has 0 radical (unpaired) electrons. The van der Waals surface area contributed by atoms with Gasteiger partial charge in [-0.1, -0.05) is 0 Å². The third-order valence-corrected chi connectivity index (χ3v) is 1.63. The molecular weight excluding hydrogens is 154 g/mol. The summed E-state index contributed by atoms with van der Waals surface area (Å²) in [6.07, 6.45) is 1.77. The number of hydrogen-bond acceptors (Lipinski definition) is 3. The smallest absolute Gasteiger partial charge is 0.257 e. The summed E-state index contributed by atoms with van der Waals surface area (Å²) < 4.78 is 1.65. The summed E-state index contributed by atoms with van der Waals surface area (Å²) in [7, 11) is 3.48. The summed E-state index contributed by atoms with van der Waals surface area (Å²) in [6.45, 7) is 0. The quantitative estimate of drug-likeness (QED) is 0.191. The fourth-order valence-corrected chi connectivity index (χ4v) is 0.937. The van der Waals surface area contributed by atoms with Crippen LogP contribution in [-0.4, -0.2) is 35.1 Å². The van der Waals surface area contributed by atoms with Crippen LogP contribution in [-0.2, 0) is 0 Å². The van der Waals surface area contributed by atoms with Gasteiger partial charge in [0.15, 0.2) is 0 Å². The number of nitro groups is 1. The average Bonchev–Trinajstić information content (AvgIpc) is 1.81. The number of amidine groups is 1. The standard InChI is InChI=1S/C4H9N3O2S/c1-6(2)4(10-3)5-7(8)9/h1-3H3/p+1. The van der Waals surface area contributed by atoms with Gasteiger partial charge in [0.25, 0.3) is 0 Å². The van der Waals surface area contributed by atoms with E-state index in [9.17, 15) is 10.1 Å². The normalized spacial score (nSPS) is 8.70. The lowest BCUT2D eigenvalue weighted by atomic mass is 11.0. The third-order valence-electron chi connectivity index (χ3n) is 0.786. The molecule has 0 aliphatic carbocycles. The fourth-order valence-electron chi connectivity index (χ4n) is 0.406. The number of thioether (sulfide) groups is 1. The van der Waals surface area contributed by atoms with Gasteiger partial charge in [-0.3, -0.25) is 4.58 Å². The van der Waals surface area contributed by atoms with Crippen LogP contribution in [0.5, 0.6) is 0 Å². The molecule has 0 atom stereocenters. The molecule has 0 aliphatic heterocycles. The second-order valence-corrected chi connectivity index (χ2v) is 2.57. The molecule has 6 heteroatoms. The number of nitrogens with zero attached hydrogens (tertiary/aromatic N) is 2. The number of hydrogen-bond donors (Lipinski definition) is 1. The molecule has 0 heterocycles. The van der Waals surface area contributed by atoms with Gasteiger partial charge in [-0.05, 0) is 18.0 Å². The SMILES string of the molecule is CSC(N[N+](=O)[O-])=[N+](C)C. The van der Waals surface area contributed by atoms with Crippen molar-refractivity contribution in [2.24, 2.45) is 0 Å². The Balaban J connectivity index is 4.11. The lowest BCUT2D eigenvalue weighted by molar-refractivity contribution is -0.544. The van der Waals surface area contributed by atoms with Crippen molar-refractivity contribution in [3.05, 3.63) is 10.1 Å². The first-order chi connectivity index (χ1) is 4.57. The highest BCUT2D eigenvalue weighted by atomic mass is 32.2. The van der Waals surface area contributed by atoms with Crippen molar-refractivity contribution in [3.8, 4) is 0 Å². The van der Waals surface area contributed by atoms with Crippen LogP contribution in [0.3, 0.4) is 0 Å². The van der Waals surface area contributed by atoms with Crippen molar-refractivity contribution in [2.45, 2.75) is 0 Å². The predicted molar refractivity (Wildman–Crippen MR) is 40.8 cm³/mol. The van der Waals surface area contributed by atoms with E-state index < -0.39 is 5.03 Å². The van der Waals surface area contributed by atoms with Gasteiger partial charge in [-0.2, -0.15) is 0 Å². The average molecular weight is 164 g/mol.